The van der Waals surface area contributed by atoms with Crippen molar-refractivity contribution in [3.05, 3.63) is 48.0 Å². The van der Waals surface area contributed by atoms with E-state index >= 15 is 0 Å². The fourth-order valence-corrected chi connectivity index (χ4v) is 3.90. The number of ketones is 1. The maximum Gasteiger partial charge on any atom is 0.303 e. The third kappa shape index (κ3) is 7.56. The SMILES string of the molecule is O=C(O)CCCCCCC1C(=O)C[C@@H](O)[C@@H]1/C=C/[C@@H](O)CCc1ccccc1. The molecule has 0 radical (unpaired) electrons. The van der Waals surface area contributed by atoms with Crippen molar-refractivity contribution in [1.29, 1.82) is 0 Å². The summed E-state index contributed by atoms with van der Waals surface area (Å²) in [6, 6.07) is 9.98. The van der Waals surface area contributed by atoms with E-state index in [2.05, 4.69) is 0 Å². The largest absolute Gasteiger partial charge is 0.481 e. The third-order valence-corrected chi connectivity index (χ3v) is 5.52. The van der Waals surface area contributed by atoms with E-state index in [9.17, 15) is 19.8 Å². The summed E-state index contributed by atoms with van der Waals surface area (Å²) in [5.41, 5.74) is 1.17. The fourth-order valence-electron chi connectivity index (χ4n) is 3.90. The molecule has 0 aliphatic heterocycles. The first-order valence-corrected chi connectivity index (χ1v) is 10.3. The average molecular weight is 389 g/mol. The van der Waals surface area contributed by atoms with Crippen molar-refractivity contribution in [2.45, 2.75) is 70.0 Å². The molecule has 1 aromatic carbocycles. The molecule has 5 nitrogen and oxygen atoms in total. The van der Waals surface area contributed by atoms with Gasteiger partial charge in [-0.15, -0.1) is 0 Å². The van der Waals surface area contributed by atoms with Gasteiger partial charge in [-0.25, -0.2) is 0 Å². The quantitative estimate of drug-likeness (QED) is 0.376. The summed E-state index contributed by atoms with van der Waals surface area (Å²) in [4.78, 5) is 22.7. The molecule has 1 saturated carbocycles. The maximum absolute atomic E-state index is 12.2. The zero-order valence-corrected chi connectivity index (χ0v) is 16.4. The van der Waals surface area contributed by atoms with Gasteiger partial charge >= 0.3 is 5.97 Å². The van der Waals surface area contributed by atoms with Gasteiger partial charge in [-0.3, -0.25) is 9.59 Å². The zero-order valence-electron chi connectivity index (χ0n) is 16.4. The van der Waals surface area contributed by atoms with Gasteiger partial charge in [0.15, 0.2) is 0 Å². The molecule has 1 aliphatic rings. The lowest BCUT2D eigenvalue weighted by molar-refractivity contribution is -0.137. The second kappa shape index (κ2) is 11.8. The van der Waals surface area contributed by atoms with Crippen LogP contribution in [0.25, 0.3) is 0 Å². The molecular weight excluding hydrogens is 356 g/mol. The molecule has 28 heavy (non-hydrogen) atoms. The first kappa shape index (κ1) is 22.3. The van der Waals surface area contributed by atoms with Gasteiger partial charge in [0.25, 0.3) is 0 Å². The Hall–Kier alpha value is -1.98. The number of aliphatic hydroxyl groups excluding tert-OH is 2. The minimum atomic E-state index is -0.773. The molecule has 0 bridgehead atoms. The Kier molecular flexibility index (Phi) is 9.38. The number of unbranched alkanes of at least 4 members (excludes halogenated alkanes) is 3. The van der Waals surface area contributed by atoms with Crippen molar-refractivity contribution in [3.8, 4) is 0 Å². The Bertz CT molecular complexity index is 640. The molecule has 2 rings (SSSR count). The van der Waals surface area contributed by atoms with Gasteiger partial charge in [0.1, 0.15) is 5.78 Å². The lowest BCUT2D eigenvalue weighted by atomic mass is 9.88. The summed E-state index contributed by atoms with van der Waals surface area (Å²) in [5.74, 6) is -1.12. The number of carboxylic acid groups (broad SMARTS) is 1. The fraction of sp³-hybridized carbons (Fsp3) is 0.565. The van der Waals surface area contributed by atoms with Crippen LogP contribution in [-0.4, -0.2) is 39.3 Å². The monoisotopic (exact) mass is 388 g/mol. The summed E-state index contributed by atoms with van der Waals surface area (Å²) >= 11 is 0. The summed E-state index contributed by atoms with van der Waals surface area (Å²) in [7, 11) is 0. The molecule has 1 fully saturated rings. The number of aryl methyl sites for hydroxylation is 1. The standard InChI is InChI=1S/C23H32O5/c24-18(13-12-17-8-4-3-5-9-17)14-15-20-19(21(25)16-22(20)26)10-6-1-2-7-11-23(27)28/h3-5,8-9,14-15,18-20,22,24,26H,1-2,6-7,10-13,16H2,(H,27,28)/b15-14+/t18-,19?,20+,22+/m0/s1. The number of aliphatic carboxylic acids is 1. The highest BCUT2D eigenvalue weighted by molar-refractivity contribution is 5.84. The highest BCUT2D eigenvalue weighted by atomic mass is 16.4. The van der Waals surface area contributed by atoms with Crippen LogP contribution in [0, 0.1) is 11.8 Å². The van der Waals surface area contributed by atoms with Crippen molar-refractivity contribution in [2.75, 3.05) is 0 Å². The predicted molar refractivity (Wildman–Crippen MR) is 108 cm³/mol. The number of carbonyl (C=O) groups is 2. The van der Waals surface area contributed by atoms with Crippen LogP contribution in [0.5, 0.6) is 0 Å². The number of Topliss-reactive ketones (excluding diaryl/α,β-unsaturated/α-hetero) is 1. The van der Waals surface area contributed by atoms with Crippen molar-refractivity contribution in [3.63, 3.8) is 0 Å². The molecule has 0 spiro atoms. The van der Waals surface area contributed by atoms with Gasteiger partial charge in [0, 0.05) is 24.7 Å². The highest BCUT2D eigenvalue weighted by Gasteiger charge is 2.39. The van der Waals surface area contributed by atoms with E-state index in [1.165, 1.54) is 5.56 Å². The van der Waals surface area contributed by atoms with Crippen LogP contribution in [0.3, 0.4) is 0 Å². The van der Waals surface area contributed by atoms with Crippen LogP contribution in [0.2, 0.25) is 0 Å². The molecule has 0 amide bonds. The number of rotatable bonds is 12. The van der Waals surface area contributed by atoms with Crippen LogP contribution in [0.4, 0.5) is 0 Å². The Morgan fingerprint density at radius 1 is 1.14 bits per heavy atom. The van der Waals surface area contributed by atoms with Crippen molar-refractivity contribution in [1.82, 2.24) is 0 Å². The molecule has 1 unspecified atom stereocenters. The topological polar surface area (TPSA) is 94.8 Å². The summed E-state index contributed by atoms with van der Waals surface area (Å²) in [6.07, 6.45) is 7.96. The van der Waals surface area contributed by atoms with E-state index < -0.39 is 18.2 Å². The van der Waals surface area contributed by atoms with E-state index in [0.717, 1.165) is 25.7 Å². The number of carboxylic acids is 1. The number of hydrogen-bond acceptors (Lipinski definition) is 4. The Morgan fingerprint density at radius 2 is 1.86 bits per heavy atom. The van der Waals surface area contributed by atoms with Crippen LogP contribution in [0.1, 0.15) is 56.9 Å². The predicted octanol–water partition coefficient (Wildman–Crippen LogP) is 3.53. The minimum absolute atomic E-state index is 0.0893. The Balaban J connectivity index is 1.77. The van der Waals surface area contributed by atoms with Crippen LogP contribution in [0.15, 0.2) is 42.5 Å². The maximum atomic E-state index is 12.2. The second-order valence-electron chi connectivity index (χ2n) is 7.74. The zero-order chi connectivity index (χ0) is 20.4. The van der Waals surface area contributed by atoms with E-state index in [-0.39, 0.29) is 30.5 Å². The number of benzene rings is 1. The molecule has 1 aliphatic carbocycles. The molecule has 0 heterocycles. The number of carbonyl (C=O) groups excluding carboxylic acids is 1. The first-order chi connectivity index (χ1) is 13.5. The summed E-state index contributed by atoms with van der Waals surface area (Å²) in [5, 5.41) is 29.1. The molecule has 5 heteroatoms. The number of aliphatic hydroxyl groups is 2. The minimum Gasteiger partial charge on any atom is -0.481 e. The van der Waals surface area contributed by atoms with E-state index in [1.54, 1.807) is 6.08 Å². The molecule has 0 aromatic heterocycles. The van der Waals surface area contributed by atoms with Crippen molar-refractivity contribution < 1.29 is 24.9 Å². The smallest absolute Gasteiger partial charge is 0.303 e. The number of hydrogen-bond donors (Lipinski definition) is 3. The third-order valence-electron chi connectivity index (χ3n) is 5.52. The first-order valence-electron chi connectivity index (χ1n) is 10.3. The second-order valence-corrected chi connectivity index (χ2v) is 7.74. The van der Waals surface area contributed by atoms with Gasteiger partial charge in [-0.1, -0.05) is 61.7 Å². The Labute approximate surface area is 167 Å². The Morgan fingerprint density at radius 3 is 2.57 bits per heavy atom. The average Bonchev–Trinajstić information content (AvgIpc) is 2.94. The van der Waals surface area contributed by atoms with Gasteiger partial charge in [-0.2, -0.15) is 0 Å². The molecule has 1 aromatic rings. The molecule has 0 saturated heterocycles. The van der Waals surface area contributed by atoms with E-state index in [4.69, 9.17) is 5.11 Å². The van der Waals surface area contributed by atoms with Crippen LogP contribution in [-0.2, 0) is 16.0 Å². The van der Waals surface area contributed by atoms with Gasteiger partial charge in [-0.05, 0) is 31.2 Å². The molecule has 154 valence electrons. The van der Waals surface area contributed by atoms with Crippen molar-refractivity contribution in [2.24, 2.45) is 11.8 Å². The summed E-state index contributed by atoms with van der Waals surface area (Å²) in [6.45, 7) is 0. The van der Waals surface area contributed by atoms with Gasteiger partial charge < -0.3 is 15.3 Å². The van der Waals surface area contributed by atoms with E-state index in [0.29, 0.717) is 19.3 Å². The lowest BCUT2D eigenvalue weighted by Crippen LogP contribution is -2.19. The van der Waals surface area contributed by atoms with E-state index in [1.807, 2.05) is 36.4 Å². The molecular formula is C23H32O5. The normalized spacial score (nSPS) is 23.4. The van der Waals surface area contributed by atoms with Crippen LogP contribution >= 0.6 is 0 Å². The van der Waals surface area contributed by atoms with Gasteiger partial charge in [0.2, 0.25) is 0 Å². The summed E-state index contributed by atoms with van der Waals surface area (Å²) < 4.78 is 0. The van der Waals surface area contributed by atoms with Gasteiger partial charge in [0.05, 0.1) is 12.2 Å². The lowest BCUT2D eigenvalue weighted by Gasteiger charge is -2.18. The highest BCUT2D eigenvalue weighted by Crippen LogP contribution is 2.34. The molecule has 3 N–H and O–H groups in total. The van der Waals surface area contributed by atoms with Crippen LogP contribution < -0.4 is 0 Å². The van der Waals surface area contributed by atoms with Crippen molar-refractivity contribution >= 4 is 11.8 Å². The molecule has 4 atom stereocenters.